The highest BCUT2D eigenvalue weighted by atomic mass is 79.9. The topological polar surface area (TPSA) is 12.0 Å². The van der Waals surface area contributed by atoms with Gasteiger partial charge in [-0.3, -0.25) is 0 Å². The minimum Gasteiger partial charge on any atom is -0.310 e. The van der Waals surface area contributed by atoms with Crippen molar-refractivity contribution in [1.29, 1.82) is 0 Å². The smallest absolute Gasteiger partial charge is 0.0349 e. The third-order valence-corrected chi connectivity index (χ3v) is 4.90. The van der Waals surface area contributed by atoms with Gasteiger partial charge in [-0.05, 0) is 55.5 Å². The van der Waals surface area contributed by atoms with Gasteiger partial charge in [0, 0.05) is 15.0 Å². The second-order valence-electron chi connectivity index (χ2n) is 5.53. The van der Waals surface area contributed by atoms with E-state index in [2.05, 4.69) is 62.3 Å². The van der Waals surface area contributed by atoms with Crippen LogP contribution in [-0.4, -0.2) is 6.54 Å². The average Bonchev–Trinajstić information content (AvgIpc) is 2.39. The zero-order chi connectivity index (χ0) is 13.7. The van der Waals surface area contributed by atoms with Crippen molar-refractivity contribution in [2.24, 2.45) is 5.92 Å². The van der Waals surface area contributed by atoms with Gasteiger partial charge in [-0.1, -0.05) is 58.0 Å². The highest BCUT2D eigenvalue weighted by Gasteiger charge is 2.24. The maximum Gasteiger partial charge on any atom is 0.0349 e. The molecule has 0 aliphatic heterocycles. The van der Waals surface area contributed by atoms with Crippen LogP contribution in [0.15, 0.2) is 27.1 Å². The Morgan fingerprint density at radius 3 is 2.32 bits per heavy atom. The van der Waals surface area contributed by atoms with E-state index in [0.29, 0.717) is 6.04 Å². The van der Waals surface area contributed by atoms with E-state index in [1.54, 1.807) is 0 Å². The Morgan fingerprint density at radius 1 is 1.11 bits per heavy atom. The number of hydrogen-bond donors (Lipinski definition) is 1. The fraction of sp³-hybridized carbons (Fsp3) is 0.625. The van der Waals surface area contributed by atoms with Crippen LogP contribution >= 0.6 is 31.9 Å². The molecule has 0 bridgehead atoms. The van der Waals surface area contributed by atoms with Crippen molar-refractivity contribution in [3.63, 3.8) is 0 Å². The molecule has 1 nitrogen and oxygen atoms in total. The van der Waals surface area contributed by atoms with Gasteiger partial charge in [-0.25, -0.2) is 0 Å². The predicted molar refractivity (Wildman–Crippen MR) is 89.5 cm³/mol. The lowest BCUT2D eigenvalue weighted by Crippen LogP contribution is -2.30. The van der Waals surface area contributed by atoms with Gasteiger partial charge < -0.3 is 5.32 Å². The van der Waals surface area contributed by atoms with Crippen molar-refractivity contribution in [2.45, 2.75) is 51.5 Å². The van der Waals surface area contributed by atoms with Gasteiger partial charge in [0.15, 0.2) is 0 Å². The van der Waals surface area contributed by atoms with E-state index in [1.807, 2.05) is 0 Å². The van der Waals surface area contributed by atoms with Crippen LogP contribution in [0.2, 0.25) is 0 Å². The Kier molecular flexibility index (Phi) is 6.37. The summed E-state index contributed by atoms with van der Waals surface area (Å²) in [6.45, 7) is 3.34. The molecular weight excluding hydrogens is 366 g/mol. The van der Waals surface area contributed by atoms with Gasteiger partial charge in [0.05, 0.1) is 0 Å². The van der Waals surface area contributed by atoms with Gasteiger partial charge in [0.1, 0.15) is 0 Å². The van der Waals surface area contributed by atoms with Gasteiger partial charge in [0.25, 0.3) is 0 Å². The molecule has 1 aliphatic rings. The highest BCUT2D eigenvalue weighted by molar-refractivity contribution is 9.11. The first kappa shape index (κ1) is 15.5. The fourth-order valence-electron chi connectivity index (χ4n) is 3.08. The molecule has 0 radical (unpaired) electrons. The molecule has 1 aliphatic carbocycles. The Balaban J connectivity index is 2.19. The lowest BCUT2D eigenvalue weighted by Gasteiger charge is -2.31. The number of halogens is 2. The van der Waals surface area contributed by atoms with Crippen LogP contribution in [0.25, 0.3) is 0 Å². The fourth-order valence-corrected chi connectivity index (χ4v) is 4.41. The zero-order valence-corrected chi connectivity index (χ0v) is 14.8. The van der Waals surface area contributed by atoms with E-state index in [-0.39, 0.29) is 0 Å². The van der Waals surface area contributed by atoms with E-state index >= 15 is 0 Å². The lowest BCUT2D eigenvalue weighted by molar-refractivity contribution is 0.272. The Morgan fingerprint density at radius 2 is 1.74 bits per heavy atom. The molecule has 1 aromatic carbocycles. The summed E-state index contributed by atoms with van der Waals surface area (Å²) in [7, 11) is 0. The minimum atomic E-state index is 0.508. The molecule has 1 fully saturated rings. The summed E-state index contributed by atoms with van der Waals surface area (Å²) >= 11 is 7.23. The van der Waals surface area contributed by atoms with Crippen LogP contribution in [0.4, 0.5) is 0 Å². The molecule has 0 heterocycles. The molecule has 0 aromatic heterocycles. The molecule has 0 saturated heterocycles. The first-order chi connectivity index (χ1) is 9.20. The molecule has 2 rings (SSSR count). The zero-order valence-electron chi connectivity index (χ0n) is 11.6. The molecule has 106 valence electrons. The van der Waals surface area contributed by atoms with E-state index in [1.165, 1.54) is 44.1 Å². The summed E-state index contributed by atoms with van der Waals surface area (Å²) in [4.78, 5) is 0. The van der Waals surface area contributed by atoms with E-state index in [0.717, 1.165) is 21.4 Å². The quantitative estimate of drug-likeness (QED) is 0.668. The molecular formula is C16H23Br2N. The molecule has 19 heavy (non-hydrogen) atoms. The average molecular weight is 389 g/mol. The Labute approximate surface area is 133 Å². The summed E-state index contributed by atoms with van der Waals surface area (Å²) < 4.78 is 2.33. The second-order valence-corrected chi connectivity index (χ2v) is 7.36. The van der Waals surface area contributed by atoms with Crippen molar-refractivity contribution in [3.05, 3.63) is 32.7 Å². The van der Waals surface area contributed by atoms with Gasteiger partial charge in [0.2, 0.25) is 0 Å². The highest BCUT2D eigenvalue weighted by Crippen LogP contribution is 2.36. The number of rotatable bonds is 5. The number of nitrogens with one attached hydrogen (secondary N) is 1. The molecule has 0 amide bonds. The predicted octanol–water partition coefficient (Wildman–Crippen LogP) is 5.83. The summed E-state index contributed by atoms with van der Waals surface area (Å²) in [5.74, 6) is 0.793. The molecule has 1 aromatic rings. The SMILES string of the molecule is CCCNC(c1cc(Br)cc(Br)c1)C1CCCCC1. The minimum absolute atomic E-state index is 0.508. The molecule has 3 heteroatoms. The summed E-state index contributed by atoms with van der Waals surface area (Å²) in [6.07, 6.45) is 8.13. The number of hydrogen-bond acceptors (Lipinski definition) is 1. The second kappa shape index (κ2) is 7.80. The molecule has 1 N–H and O–H groups in total. The van der Waals surface area contributed by atoms with Crippen molar-refractivity contribution >= 4 is 31.9 Å². The first-order valence-electron chi connectivity index (χ1n) is 7.40. The third kappa shape index (κ3) is 4.57. The van der Waals surface area contributed by atoms with Crippen molar-refractivity contribution in [1.82, 2.24) is 5.32 Å². The standard InChI is InChI=1S/C16H23Br2N/c1-2-8-19-16(12-6-4-3-5-7-12)13-9-14(17)11-15(18)10-13/h9-12,16,19H,2-8H2,1H3. The van der Waals surface area contributed by atoms with Crippen molar-refractivity contribution in [3.8, 4) is 0 Å². The van der Waals surface area contributed by atoms with E-state index in [9.17, 15) is 0 Å². The Bertz CT molecular complexity index is 379. The van der Waals surface area contributed by atoms with Crippen molar-refractivity contribution < 1.29 is 0 Å². The molecule has 0 spiro atoms. The molecule has 1 atom stereocenters. The van der Waals surface area contributed by atoms with E-state index in [4.69, 9.17) is 0 Å². The maximum absolute atomic E-state index is 3.77. The lowest BCUT2D eigenvalue weighted by atomic mass is 9.81. The van der Waals surface area contributed by atoms with Crippen LogP contribution in [0.3, 0.4) is 0 Å². The van der Waals surface area contributed by atoms with Crippen molar-refractivity contribution in [2.75, 3.05) is 6.54 Å². The van der Waals surface area contributed by atoms with Crippen LogP contribution in [0.1, 0.15) is 57.1 Å². The van der Waals surface area contributed by atoms with Crippen LogP contribution in [-0.2, 0) is 0 Å². The van der Waals surface area contributed by atoms with Gasteiger partial charge in [-0.15, -0.1) is 0 Å². The monoisotopic (exact) mass is 387 g/mol. The van der Waals surface area contributed by atoms with Gasteiger partial charge >= 0.3 is 0 Å². The summed E-state index contributed by atoms with van der Waals surface area (Å²) in [6, 6.07) is 7.16. The maximum atomic E-state index is 3.77. The van der Waals surface area contributed by atoms with Crippen LogP contribution in [0, 0.1) is 5.92 Å². The summed E-state index contributed by atoms with van der Waals surface area (Å²) in [5.41, 5.74) is 1.42. The molecule has 1 unspecified atom stereocenters. The third-order valence-electron chi connectivity index (χ3n) is 3.98. The van der Waals surface area contributed by atoms with Gasteiger partial charge in [-0.2, -0.15) is 0 Å². The molecule has 1 saturated carbocycles. The first-order valence-corrected chi connectivity index (χ1v) is 8.98. The Hall–Kier alpha value is 0.140. The van der Waals surface area contributed by atoms with Crippen LogP contribution in [0.5, 0.6) is 0 Å². The normalized spacial score (nSPS) is 18.5. The van der Waals surface area contributed by atoms with Crippen LogP contribution < -0.4 is 5.32 Å². The largest absolute Gasteiger partial charge is 0.310 e. The van der Waals surface area contributed by atoms with E-state index < -0.39 is 0 Å². The summed E-state index contributed by atoms with van der Waals surface area (Å²) in [5, 5.41) is 3.77. The number of benzene rings is 1.